The third kappa shape index (κ3) is 5.98. The van der Waals surface area contributed by atoms with Crippen molar-refractivity contribution in [2.75, 3.05) is 6.54 Å². The normalized spacial score (nSPS) is 11.4. The van der Waals surface area contributed by atoms with Gasteiger partial charge in [0, 0.05) is 30.0 Å². The number of pyridine rings is 1. The third-order valence-corrected chi connectivity index (χ3v) is 6.80. The Hall–Kier alpha value is -2.55. The molecule has 0 fully saturated rings. The van der Waals surface area contributed by atoms with Crippen molar-refractivity contribution in [1.82, 2.24) is 14.6 Å². The van der Waals surface area contributed by atoms with Gasteiger partial charge in [0.25, 0.3) is 0 Å². The topological polar surface area (TPSA) is 79.4 Å². The lowest BCUT2D eigenvalue weighted by Gasteiger charge is -2.22. The van der Waals surface area contributed by atoms with Crippen LogP contribution in [0.4, 0.5) is 0 Å². The molecule has 8 heteroatoms. The number of halogens is 1. The third-order valence-electron chi connectivity index (χ3n) is 4.46. The predicted octanol–water partition coefficient (Wildman–Crippen LogP) is 3.66. The number of amides is 1. The summed E-state index contributed by atoms with van der Waals surface area (Å²) in [5.41, 5.74) is 2.73. The number of hydrogen-bond donors (Lipinski definition) is 1. The van der Waals surface area contributed by atoms with Crippen molar-refractivity contribution in [2.45, 2.75) is 24.9 Å². The van der Waals surface area contributed by atoms with Crippen molar-refractivity contribution < 1.29 is 13.2 Å². The Morgan fingerprint density at radius 2 is 1.73 bits per heavy atom. The molecule has 1 aromatic heterocycles. The molecule has 156 valence electrons. The van der Waals surface area contributed by atoms with Crippen LogP contribution in [0.2, 0.25) is 0 Å². The predicted molar refractivity (Wildman–Crippen MR) is 119 cm³/mol. The molecule has 0 aliphatic heterocycles. The first kappa shape index (κ1) is 22.1. The van der Waals surface area contributed by atoms with Crippen LogP contribution in [0.1, 0.15) is 16.7 Å². The van der Waals surface area contributed by atoms with Crippen molar-refractivity contribution in [3.8, 4) is 0 Å². The second kappa shape index (κ2) is 9.97. The van der Waals surface area contributed by atoms with Crippen molar-refractivity contribution in [3.63, 3.8) is 0 Å². The number of rotatable bonds is 8. The van der Waals surface area contributed by atoms with E-state index in [0.29, 0.717) is 0 Å². The number of carbonyl (C=O) groups is 1. The van der Waals surface area contributed by atoms with Gasteiger partial charge in [0.05, 0.1) is 11.4 Å². The van der Waals surface area contributed by atoms with Crippen LogP contribution in [-0.2, 0) is 27.9 Å². The maximum Gasteiger partial charge on any atom is 0.243 e. The minimum atomic E-state index is -3.86. The fourth-order valence-corrected chi connectivity index (χ4v) is 4.45. The number of aryl methyl sites for hydroxylation is 1. The van der Waals surface area contributed by atoms with Crippen LogP contribution >= 0.6 is 15.9 Å². The van der Waals surface area contributed by atoms with E-state index in [9.17, 15) is 13.2 Å². The highest BCUT2D eigenvalue weighted by Gasteiger charge is 2.27. The first-order chi connectivity index (χ1) is 14.3. The largest absolute Gasteiger partial charge is 0.351 e. The molecule has 0 aliphatic rings. The van der Waals surface area contributed by atoms with E-state index in [2.05, 4.69) is 26.2 Å². The van der Waals surface area contributed by atoms with Gasteiger partial charge in [-0.2, -0.15) is 4.31 Å². The summed E-state index contributed by atoms with van der Waals surface area (Å²) in [4.78, 5) is 16.7. The Morgan fingerprint density at radius 1 is 1.03 bits per heavy atom. The van der Waals surface area contributed by atoms with Gasteiger partial charge in [-0.3, -0.25) is 9.78 Å². The Labute approximate surface area is 185 Å². The summed E-state index contributed by atoms with van der Waals surface area (Å²) in [7, 11) is -3.86. The number of carbonyl (C=O) groups excluding carboxylic acids is 1. The van der Waals surface area contributed by atoms with E-state index in [1.54, 1.807) is 30.6 Å². The molecule has 0 saturated carbocycles. The smallest absolute Gasteiger partial charge is 0.243 e. The summed E-state index contributed by atoms with van der Waals surface area (Å²) in [5, 5.41) is 2.76. The molecule has 30 heavy (non-hydrogen) atoms. The van der Waals surface area contributed by atoms with Crippen LogP contribution in [0.3, 0.4) is 0 Å². The molecule has 0 saturated heterocycles. The lowest BCUT2D eigenvalue weighted by atomic mass is 10.1. The van der Waals surface area contributed by atoms with E-state index in [1.165, 1.54) is 16.4 Å². The Balaban J connectivity index is 1.80. The van der Waals surface area contributed by atoms with Gasteiger partial charge >= 0.3 is 0 Å². The molecule has 1 heterocycles. The summed E-state index contributed by atoms with van der Waals surface area (Å²) in [5.74, 6) is -0.383. The maximum absolute atomic E-state index is 13.2. The number of aromatic nitrogens is 1. The standard InChI is InChI=1S/C22H22BrN3O3S/c1-17-4-6-18(7-5-17)15-26(30(28,29)21-10-8-20(23)9-11-21)16-22(27)25-14-19-3-2-12-24-13-19/h2-13H,14-16H2,1H3,(H,25,27). The van der Waals surface area contributed by atoms with E-state index in [4.69, 9.17) is 0 Å². The van der Waals surface area contributed by atoms with Crippen LogP contribution in [0, 0.1) is 6.92 Å². The highest BCUT2D eigenvalue weighted by atomic mass is 79.9. The maximum atomic E-state index is 13.2. The summed E-state index contributed by atoms with van der Waals surface area (Å²) in [6, 6.07) is 17.6. The molecule has 0 bridgehead atoms. The van der Waals surface area contributed by atoms with Gasteiger partial charge < -0.3 is 5.32 Å². The molecule has 0 atom stereocenters. The number of hydrogen-bond acceptors (Lipinski definition) is 4. The molecule has 3 rings (SSSR count). The molecule has 6 nitrogen and oxygen atoms in total. The summed E-state index contributed by atoms with van der Waals surface area (Å²) in [6.07, 6.45) is 3.31. The molecule has 0 unspecified atom stereocenters. The first-order valence-corrected chi connectivity index (χ1v) is 11.5. The van der Waals surface area contributed by atoms with Crippen molar-refractivity contribution in [3.05, 3.63) is 94.2 Å². The van der Waals surface area contributed by atoms with Gasteiger partial charge in [0.1, 0.15) is 0 Å². The lowest BCUT2D eigenvalue weighted by Crippen LogP contribution is -2.40. The number of sulfonamides is 1. The molecule has 2 aromatic carbocycles. The second-order valence-electron chi connectivity index (χ2n) is 6.85. The second-order valence-corrected chi connectivity index (χ2v) is 9.70. The fraction of sp³-hybridized carbons (Fsp3) is 0.182. The van der Waals surface area contributed by atoms with Gasteiger partial charge in [0.2, 0.25) is 15.9 Å². The van der Waals surface area contributed by atoms with Crippen LogP contribution in [0.25, 0.3) is 0 Å². The highest BCUT2D eigenvalue weighted by Crippen LogP contribution is 2.21. The minimum Gasteiger partial charge on any atom is -0.351 e. The van der Waals surface area contributed by atoms with Crippen LogP contribution in [0.15, 0.2) is 82.4 Å². The first-order valence-electron chi connectivity index (χ1n) is 9.31. The zero-order valence-electron chi connectivity index (χ0n) is 16.5. The zero-order valence-corrected chi connectivity index (χ0v) is 18.9. The van der Waals surface area contributed by atoms with Gasteiger partial charge in [0.15, 0.2) is 0 Å². The fourth-order valence-electron chi connectivity index (χ4n) is 2.80. The van der Waals surface area contributed by atoms with Gasteiger partial charge in [-0.1, -0.05) is 51.8 Å². The quantitative estimate of drug-likeness (QED) is 0.525. The van der Waals surface area contributed by atoms with E-state index in [1.807, 2.05) is 37.3 Å². The van der Waals surface area contributed by atoms with Crippen LogP contribution < -0.4 is 5.32 Å². The van der Waals surface area contributed by atoms with E-state index >= 15 is 0 Å². The Bertz CT molecular complexity index is 1090. The van der Waals surface area contributed by atoms with Crippen molar-refractivity contribution in [1.29, 1.82) is 0 Å². The number of nitrogens with one attached hydrogen (secondary N) is 1. The molecule has 0 spiro atoms. The molecule has 3 aromatic rings. The van der Waals surface area contributed by atoms with Crippen LogP contribution in [-0.4, -0.2) is 30.2 Å². The van der Waals surface area contributed by atoms with Gasteiger partial charge in [-0.05, 0) is 48.4 Å². The lowest BCUT2D eigenvalue weighted by molar-refractivity contribution is -0.121. The molecule has 1 amide bonds. The molecule has 1 N–H and O–H groups in total. The summed E-state index contributed by atoms with van der Waals surface area (Å²) >= 11 is 3.32. The minimum absolute atomic E-state index is 0.0962. The Morgan fingerprint density at radius 3 is 2.37 bits per heavy atom. The average molecular weight is 488 g/mol. The zero-order chi connectivity index (χ0) is 21.6. The number of nitrogens with zero attached hydrogens (tertiary/aromatic N) is 2. The highest BCUT2D eigenvalue weighted by molar-refractivity contribution is 9.10. The van der Waals surface area contributed by atoms with Gasteiger partial charge in [-0.15, -0.1) is 0 Å². The monoisotopic (exact) mass is 487 g/mol. The van der Waals surface area contributed by atoms with E-state index in [0.717, 1.165) is 21.2 Å². The number of benzene rings is 2. The SMILES string of the molecule is Cc1ccc(CN(CC(=O)NCc2cccnc2)S(=O)(=O)c2ccc(Br)cc2)cc1. The van der Waals surface area contributed by atoms with Crippen molar-refractivity contribution in [2.24, 2.45) is 0 Å². The molecular weight excluding hydrogens is 466 g/mol. The summed E-state index contributed by atoms with van der Waals surface area (Å²) in [6.45, 7) is 2.06. The van der Waals surface area contributed by atoms with Crippen LogP contribution in [0.5, 0.6) is 0 Å². The van der Waals surface area contributed by atoms with E-state index < -0.39 is 10.0 Å². The van der Waals surface area contributed by atoms with Crippen molar-refractivity contribution >= 4 is 31.9 Å². The Kier molecular flexibility index (Phi) is 7.36. The molecule has 0 aliphatic carbocycles. The van der Waals surface area contributed by atoms with E-state index in [-0.39, 0.29) is 30.4 Å². The summed E-state index contributed by atoms with van der Waals surface area (Å²) < 4.78 is 28.5. The molecular formula is C22H22BrN3O3S. The van der Waals surface area contributed by atoms with Gasteiger partial charge in [-0.25, -0.2) is 8.42 Å². The molecule has 0 radical (unpaired) electrons. The average Bonchev–Trinajstić information content (AvgIpc) is 2.74.